The smallest absolute Gasteiger partial charge is 0.261 e. The molecule has 3 heterocycles. The minimum Gasteiger partial charge on any atom is -0.346 e. The van der Waals surface area contributed by atoms with Gasteiger partial charge in [0.15, 0.2) is 0 Å². The van der Waals surface area contributed by atoms with Crippen molar-refractivity contribution in [2.75, 3.05) is 12.3 Å². The summed E-state index contributed by atoms with van der Waals surface area (Å²) in [5.74, 6) is 2.38. The molecule has 2 atom stereocenters. The molecule has 186 valence electrons. The summed E-state index contributed by atoms with van der Waals surface area (Å²) in [6.07, 6.45) is 6.89. The first-order valence-corrected chi connectivity index (χ1v) is 15.1. The molecule has 34 heavy (non-hydrogen) atoms. The molecule has 0 saturated heterocycles. The minimum atomic E-state index is -2.77. The van der Waals surface area contributed by atoms with Crippen LogP contribution in [0.3, 0.4) is 0 Å². The van der Waals surface area contributed by atoms with Crippen molar-refractivity contribution in [3.8, 4) is 0 Å². The number of rotatable bonds is 8. The third kappa shape index (κ3) is 5.55. The molecule has 2 aliphatic rings. The molecule has 1 amide bonds. The van der Waals surface area contributed by atoms with E-state index >= 15 is 0 Å². The molecule has 1 aliphatic heterocycles. The van der Waals surface area contributed by atoms with Gasteiger partial charge < -0.3 is 5.32 Å². The number of nitrogens with one attached hydrogen (secondary N) is 2. The van der Waals surface area contributed by atoms with Crippen LogP contribution in [0.4, 0.5) is 0 Å². The average Bonchev–Trinajstić information content (AvgIpc) is 3.36. The van der Waals surface area contributed by atoms with Gasteiger partial charge in [0, 0.05) is 36.0 Å². The molecule has 0 radical (unpaired) electrons. The summed E-state index contributed by atoms with van der Waals surface area (Å²) in [5.41, 5.74) is 2.01. The fraction of sp³-hybridized carbons (Fsp3) is 0.615. The highest BCUT2D eigenvalue weighted by Gasteiger charge is 2.36. The molecular formula is C26H38N4O2S2. The first-order chi connectivity index (χ1) is 16.2. The van der Waals surface area contributed by atoms with Crippen LogP contribution >= 0.6 is 11.3 Å². The van der Waals surface area contributed by atoms with Gasteiger partial charge in [0.2, 0.25) is 0 Å². The van der Waals surface area contributed by atoms with Gasteiger partial charge in [0.25, 0.3) is 5.91 Å². The van der Waals surface area contributed by atoms with Crippen LogP contribution < -0.4 is 5.32 Å². The Morgan fingerprint density at radius 1 is 1.29 bits per heavy atom. The van der Waals surface area contributed by atoms with Crippen LogP contribution in [0.15, 0.2) is 29.3 Å². The predicted molar refractivity (Wildman–Crippen MR) is 139 cm³/mol. The van der Waals surface area contributed by atoms with E-state index in [1.54, 1.807) is 30.4 Å². The van der Waals surface area contributed by atoms with Gasteiger partial charge in [0.05, 0.1) is 31.7 Å². The fourth-order valence-corrected chi connectivity index (χ4v) is 7.54. The highest BCUT2D eigenvalue weighted by molar-refractivity contribution is 7.92. The van der Waals surface area contributed by atoms with E-state index in [1.807, 2.05) is 0 Å². The van der Waals surface area contributed by atoms with Gasteiger partial charge in [-0.3, -0.25) is 14.7 Å². The third-order valence-corrected chi connectivity index (χ3v) is 10.4. The summed E-state index contributed by atoms with van der Waals surface area (Å²) < 4.78 is 20.0. The van der Waals surface area contributed by atoms with Crippen molar-refractivity contribution in [3.05, 3.63) is 45.4 Å². The number of fused-ring (bicyclic) bond motifs is 1. The molecule has 2 aromatic heterocycles. The van der Waals surface area contributed by atoms with Gasteiger partial charge >= 0.3 is 0 Å². The number of carbonyl (C=O) groups excluding carboxylic acids is 1. The summed E-state index contributed by atoms with van der Waals surface area (Å²) in [7, 11) is -2.77. The molecule has 0 spiro atoms. The maximum atomic E-state index is 12.9. The van der Waals surface area contributed by atoms with Crippen LogP contribution in [-0.4, -0.2) is 32.3 Å². The summed E-state index contributed by atoms with van der Waals surface area (Å²) in [4.78, 5) is 22.4. The molecule has 2 N–H and O–H groups in total. The van der Waals surface area contributed by atoms with E-state index in [2.05, 4.69) is 42.0 Å². The molecule has 0 aromatic carbocycles. The van der Waals surface area contributed by atoms with E-state index in [4.69, 9.17) is 4.78 Å². The van der Waals surface area contributed by atoms with Crippen LogP contribution in [-0.2, 0) is 22.8 Å². The Balaban J connectivity index is 1.38. The molecule has 8 heteroatoms. The number of hydrogen-bond donors (Lipinski definition) is 2. The largest absolute Gasteiger partial charge is 0.346 e. The monoisotopic (exact) mass is 502 g/mol. The van der Waals surface area contributed by atoms with Gasteiger partial charge in [-0.05, 0) is 54.4 Å². The van der Waals surface area contributed by atoms with Crippen LogP contribution in [0.2, 0.25) is 0 Å². The van der Waals surface area contributed by atoms with E-state index < -0.39 is 9.73 Å². The van der Waals surface area contributed by atoms with Crippen LogP contribution in [0.5, 0.6) is 0 Å². The Kier molecular flexibility index (Phi) is 7.79. The summed E-state index contributed by atoms with van der Waals surface area (Å²) >= 11 is 1.64. The highest BCUT2D eigenvalue weighted by atomic mass is 32.2. The van der Waals surface area contributed by atoms with Crippen molar-refractivity contribution in [2.45, 2.75) is 77.4 Å². The predicted octanol–water partition coefficient (Wildman–Crippen LogP) is 5.84. The number of aromatic nitrogens is 1. The summed E-state index contributed by atoms with van der Waals surface area (Å²) in [5, 5.41) is 2.98. The average molecular weight is 503 g/mol. The van der Waals surface area contributed by atoms with E-state index in [0.717, 1.165) is 23.3 Å². The van der Waals surface area contributed by atoms with Crippen molar-refractivity contribution in [1.29, 1.82) is 4.78 Å². The van der Waals surface area contributed by atoms with Crippen molar-refractivity contribution >= 4 is 27.0 Å². The lowest BCUT2D eigenvalue weighted by molar-refractivity contribution is 0.0954. The minimum absolute atomic E-state index is 0.0709. The second kappa shape index (κ2) is 10.5. The van der Waals surface area contributed by atoms with Gasteiger partial charge in [0.1, 0.15) is 0 Å². The zero-order valence-electron chi connectivity index (χ0n) is 20.8. The van der Waals surface area contributed by atoms with E-state index in [-0.39, 0.29) is 11.7 Å². The standard InChI is InChI=1S/C26H38N4O2S2/c1-5-34(27,32)22-11-10-21(28-14-22)13-29-26(31)23-12-20-16-30(24(17(2)3)25(20)33-23)15-19-8-6-18(4)7-9-19/h10-12,14,17-19,24,27H,5-9,13,15-16H2,1-4H3,(H,29,31). The number of thiophene rings is 1. The number of amides is 1. The zero-order chi connectivity index (χ0) is 24.5. The summed E-state index contributed by atoms with van der Waals surface area (Å²) in [6, 6.07) is 5.91. The number of nitrogens with zero attached hydrogens (tertiary/aromatic N) is 2. The molecule has 2 unspecified atom stereocenters. The van der Waals surface area contributed by atoms with E-state index in [9.17, 15) is 9.00 Å². The molecule has 1 fully saturated rings. The van der Waals surface area contributed by atoms with Gasteiger partial charge in [-0.15, -0.1) is 11.3 Å². The van der Waals surface area contributed by atoms with Crippen LogP contribution in [0.25, 0.3) is 0 Å². The Bertz CT molecular complexity index is 1100. The molecule has 0 bridgehead atoms. The lowest BCUT2D eigenvalue weighted by Crippen LogP contribution is -2.32. The fourth-order valence-electron chi connectivity index (χ4n) is 5.29. The van der Waals surface area contributed by atoms with Gasteiger partial charge in [-0.25, -0.2) is 8.99 Å². The van der Waals surface area contributed by atoms with E-state index in [0.29, 0.717) is 29.1 Å². The van der Waals surface area contributed by atoms with Gasteiger partial charge in [-0.2, -0.15) is 0 Å². The number of pyridine rings is 1. The first kappa shape index (κ1) is 25.3. The third-order valence-electron chi connectivity index (χ3n) is 7.38. The zero-order valence-corrected chi connectivity index (χ0v) is 22.4. The Hall–Kier alpha value is -1.77. The lowest BCUT2D eigenvalue weighted by atomic mass is 9.82. The maximum Gasteiger partial charge on any atom is 0.261 e. The topological polar surface area (TPSA) is 86.2 Å². The Labute approximate surface area is 208 Å². The summed E-state index contributed by atoms with van der Waals surface area (Å²) in [6.45, 7) is 11.1. The van der Waals surface area contributed by atoms with Crippen molar-refractivity contribution < 1.29 is 9.00 Å². The van der Waals surface area contributed by atoms with Crippen LogP contribution in [0, 0.1) is 22.5 Å². The van der Waals surface area contributed by atoms with Gasteiger partial charge in [-0.1, -0.05) is 40.5 Å². The molecule has 2 aromatic rings. The van der Waals surface area contributed by atoms with Crippen LogP contribution in [0.1, 0.15) is 85.2 Å². The first-order valence-electron chi connectivity index (χ1n) is 12.5. The SMILES string of the molecule is CCS(=N)(=O)c1ccc(CNC(=O)c2cc3c(s2)C(C(C)C)N(CC2CCC(C)CC2)C3)nc1. The number of carbonyl (C=O) groups is 1. The van der Waals surface area contributed by atoms with Crippen molar-refractivity contribution in [1.82, 2.24) is 15.2 Å². The van der Waals surface area contributed by atoms with E-state index in [1.165, 1.54) is 48.9 Å². The Morgan fingerprint density at radius 3 is 2.65 bits per heavy atom. The van der Waals surface area contributed by atoms with Crippen molar-refractivity contribution in [3.63, 3.8) is 0 Å². The molecule has 1 saturated carbocycles. The molecule has 4 rings (SSSR count). The second-order valence-corrected chi connectivity index (χ2v) is 13.9. The maximum absolute atomic E-state index is 12.9. The second-order valence-electron chi connectivity index (χ2n) is 10.4. The normalized spacial score (nSPS) is 24.7. The number of hydrogen-bond acceptors (Lipinski definition) is 6. The molecular weight excluding hydrogens is 464 g/mol. The van der Waals surface area contributed by atoms with Crippen molar-refractivity contribution in [2.24, 2.45) is 17.8 Å². The highest BCUT2D eigenvalue weighted by Crippen LogP contribution is 2.44. The lowest BCUT2D eigenvalue weighted by Gasteiger charge is -2.34. The quantitative estimate of drug-likeness (QED) is 0.475. The Morgan fingerprint density at radius 2 is 2.03 bits per heavy atom. The molecule has 6 nitrogen and oxygen atoms in total. The molecule has 1 aliphatic carbocycles.